The molecule has 0 aromatic heterocycles. The van der Waals surface area contributed by atoms with Gasteiger partial charge in [0.25, 0.3) is 0 Å². The molecular formula is C23H24BrN3O3. The number of carbonyl (C=O) groups is 2. The van der Waals surface area contributed by atoms with Crippen molar-refractivity contribution in [3.63, 3.8) is 0 Å². The Balaban J connectivity index is 1.93. The summed E-state index contributed by atoms with van der Waals surface area (Å²) in [6.45, 7) is 5.96. The summed E-state index contributed by atoms with van der Waals surface area (Å²) in [5.41, 5.74) is 0.807. The highest BCUT2D eigenvalue weighted by Gasteiger charge is 2.43. The topological polar surface area (TPSA) is 73.6 Å². The number of rotatable bonds is 3. The van der Waals surface area contributed by atoms with Crippen LogP contribution in [0.1, 0.15) is 32.3 Å². The number of halogens is 1. The molecule has 0 N–H and O–H groups in total. The molecule has 2 atom stereocenters. The Morgan fingerprint density at radius 3 is 2.43 bits per heavy atom. The second kappa shape index (κ2) is 8.88. The first-order chi connectivity index (χ1) is 14.2. The van der Waals surface area contributed by atoms with Crippen LogP contribution in [0.3, 0.4) is 0 Å². The van der Waals surface area contributed by atoms with Crippen LogP contribution >= 0.6 is 15.9 Å². The molecule has 1 heterocycles. The molecule has 0 radical (unpaired) electrons. The Bertz CT molecular complexity index is 966. The predicted molar refractivity (Wildman–Crippen MR) is 118 cm³/mol. The molecule has 1 aliphatic rings. The van der Waals surface area contributed by atoms with Gasteiger partial charge in [-0.1, -0.05) is 46.3 Å². The molecule has 2 amide bonds. The fraction of sp³-hybridized carbons (Fsp3) is 0.348. The lowest BCUT2D eigenvalue weighted by Crippen LogP contribution is -2.38. The monoisotopic (exact) mass is 469 g/mol. The Hall–Kier alpha value is -2.85. The van der Waals surface area contributed by atoms with Crippen molar-refractivity contribution in [3.8, 4) is 6.19 Å². The maximum Gasteiger partial charge on any atom is 0.410 e. The van der Waals surface area contributed by atoms with Crippen LogP contribution in [0.4, 0.5) is 10.5 Å². The maximum atomic E-state index is 13.4. The maximum absolute atomic E-state index is 13.4. The smallest absolute Gasteiger partial charge is 0.410 e. The van der Waals surface area contributed by atoms with Crippen LogP contribution in [0.5, 0.6) is 0 Å². The average molecular weight is 470 g/mol. The van der Waals surface area contributed by atoms with E-state index in [1.54, 1.807) is 29.2 Å². The minimum Gasteiger partial charge on any atom is -0.444 e. The molecule has 2 unspecified atom stereocenters. The summed E-state index contributed by atoms with van der Waals surface area (Å²) in [6, 6.07) is 16.5. The number of para-hydroxylation sites is 1. The fourth-order valence-electron chi connectivity index (χ4n) is 3.58. The van der Waals surface area contributed by atoms with Crippen LogP contribution in [0, 0.1) is 17.4 Å². The normalized spacial score (nSPS) is 18.6. The van der Waals surface area contributed by atoms with E-state index in [0.29, 0.717) is 12.2 Å². The lowest BCUT2D eigenvalue weighted by atomic mass is 9.88. The summed E-state index contributed by atoms with van der Waals surface area (Å²) >= 11 is 3.48. The Kier molecular flexibility index (Phi) is 6.47. The van der Waals surface area contributed by atoms with Crippen LogP contribution in [-0.2, 0) is 9.53 Å². The van der Waals surface area contributed by atoms with E-state index < -0.39 is 17.6 Å². The van der Waals surface area contributed by atoms with Crippen LogP contribution in [-0.4, -0.2) is 35.6 Å². The number of likely N-dealkylation sites (tertiary alicyclic amines) is 1. The lowest BCUT2D eigenvalue weighted by Gasteiger charge is -2.24. The van der Waals surface area contributed by atoms with Gasteiger partial charge < -0.3 is 9.64 Å². The number of hydrogen-bond donors (Lipinski definition) is 0. The van der Waals surface area contributed by atoms with Gasteiger partial charge in [-0.15, -0.1) is 0 Å². The number of carbonyl (C=O) groups excluding carboxylic acids is 2. The van der Waals surface area contributed by atoms with Gasteiger partial charge >= 0.3 is 6.09 Å². The van der Waals surface area contributed by atoms with Crippen molar-refractivity contribution >= 4 is 33.6 Å². The van der Waals surface area contributed by atoms with Crippen molar-refractivity contribution in [2.45, 2.75) is 32.3 Å². The van der Waals surface area contributed by atoms with Crippen LogP contribution in [0.15, 0.2) is 59.1 Å². The largest absolute Gasteiger partial charge is 0.444 e. The van der Waals surface area contributed by atoms with E-state index in [2.05, 4.69) is 15.9 Å². The first kappa shape index (κ1) is 21.8. The van der Waals surface area contributed by atoms with Crippen molar-refractivity contribution in [2.75, 3.05) is 18.0 Å². The van der Waals surface area contributed by atoms with Gasteiger partial charge in [0.05, 0.1) is 11.6 Å². The van der Waals surface area contributed by atoms with E-state index in [-0.39, 0.29) is 18.4 Å². The van der Waals surface area contributed by atoms with E-state index >= 15 is 0 Å². The van der Waals surface area contributed by atoms with Crippen molar-refractivity contribution in [1.82, 2.24) is 4.90 Å². The van der Waals surface area contributed by atoms with Crippen molar-refractivity contribution in [1.29, 1.82) is 5.26 Å². The highest BCUT2D eigenvalue weighted by molar-refractivity contribution is 9.10. The molecule has 3 rings (SSSR count). The van der Waals surface area contributed by atoms with E-state index in [1.165, 1.54) is 0 Å². The van der Waals surface area contributed by atoms with Gasteiger partial charge in [0.1, 0.15) is 5.60 Å². The first-order valence-electron chi connectivity index (χ1n) is 9.72. The van der Waals surface area contributed by atoms with Crippen LogP contribution in [0.2, 0.25) is 0 Å². The summed E-state index contributed by atoms with van der Waals surface area (Å²) < 4.78 is 6.41. The summed E-state index contributed by atoms with van der Waals surface area (Å²) in [4.78, 5) is 28.8. The number of anilines is 1. The molecule has 156 valence electrons. The molecule has 30 heavy (non-hydrogen) atoms. The molecule has 2 aromatic carbocycles. The van der Waals surface area contributed by atoms with E-state index in [0.717, 1.165) is 14.9 Å². The fourth-order valence-corrected chi connectivity index (χ4v) is 4.00. The number of nitriles is 1. The molecule has 1 fully saturated rings. The van der Waals surface area contributed by atoms with E-state index in [1.807, 2.05) is 57.3 Å². The van der Waals surface area contributed by atoms with Gasteiger partial charge in [-0.05, 0) is 50.6 Å². The second-order valence-corrected chi connectivity index (χ2v) is 9.18. The number of hydrogen-bond acceptors (Lipinski definition) is 4. The lowest BCUT2D eigenvalue weighted by molar-refractivity contribution is -0.121. The molecular weight excluding hydrogens is 446 g/mol. The highest BCUT2D eigenvalue weighted by Crippen LogP contribution is 2.36. The number of benzene rings is 2. The van der Waals surface area contributed by atoms with Crippen LogP contribution < -0.4 is 4.90 Å². The van der Waals surface area contributed by atoms with Crippen LogP contribution in [0.25, 0.3) is 0 Å². The highest BCUT2D eigenvalue weighted by atomic mass is 79.9. The summed E-state index contributed by atoms with van der Waals surface area (Å²) in [6.07, 6.45) is 1.54. The second-order valence-electron chi connectivity index (χ2n) is 8.26. The molecule has 0 bridgehead atoms. The quantitative estimate of drug-likeness (QED) is 0.472. The zero-order valence-electron chi connectivity index (χ0n) is 17.2. The summed E-state index contributed by atoms with van der Waals surface area (Å²) in [5, 5.41) is 9.68. The third-order valence-corrected chi connectivity index (χ3v) is 5.39. The molecule has 0 aliphatic carbocycles. The number of amides is 2. The molecule has 7 heteroatoms. The Morgan fingerprint density at radius 1 is 1.13 bits per heavy atom. The van der Waals surface area contributed by atoms with Crippen molar-refractivity contribution < 1.29 is 14.3 Å². The van der Waals surface area contributed by atoms with E-state index in [9.17, 15) is 14.9 Å². The van der Waals surface area contributed by atoms with Gasteiger partial charge in [-0.2, -0.15) is 5.26 Å². The standard InChI is InChI=1S/C23H24BrN3O3/c1-23(2,3)30-22(29)26-13-19(16-8-7-9-17(24)12-16)20(14-26)21(28)27(15-25)18-10-5-4-6-11-18/h4-12,19-20H,13-14H2,1-3H3. The molecule has 1 saturated heterocycles. The van der Waals surface area contributed by atoms with E-state index in [4.69, 9.17) is 4.74 Å². The average Bonchev–Trinajstić information content (AvgIpc) is 3.14. The van der Waals surface area contributed by atoms with Gasteiger partial charge in [-0.3, -0.25) is 4.79 Å². The molecule has 0 saturated carbocycles. The molecule has 6 nitrogen and oxygen atoms in total. The SMILES string of the molecule is CC(C)(C)OC(=O)N1CC(C(=O)N(C#N)c2ccccc2)C(c2cccc(Br)c2)C1. The summed E-state index contributed by atoms with van der Waals surface area (Å²) in [5.74, 6) is -1.14. The zero-order valence-corrected chi connectivity index (χ0v) is 18.8. The van der Waals surface area contributed by atoms with Gasteiger partial charge in [0, 0.05) is 23.5 Å². The number of ether oxygens (including phenoxy) is 1. The minimum atomic E-state index is -0.632. The van der Waals surface area contributed by atoms with Crippen molar-refractivity contribution in [2.24, 2.45) is 5.92 Å². The van der Waals surface area contributed by atoms with Gasteiger partial charge in [0.15, 0.2) is 6.19 Å². The Morgan fingerprint density at radius 2 is 1.83 bits per heavy atom. The molecule has 0 spiro atoms. The first-order valence-corrected chi connectivity index (χ1v) is 10.5. The molecule has 2 aromatic rings. The van der Waals surface area contributed by atoms with Gasteiger partial charge in [-0.25, -0.2) is 9.69 Å². The molecule has 1 aliphatic heterocycles. The van der Waals surface area contributed by atoms with Crippen molar-refractivity contribution in [3.05, 3.63) is 64.6 Å². The number of nitrogens with zero attached hydrogens (tertiary/aromatic N) is 3. The predicted octanol–water partition coefficient (Wildman–Crippen LogP) is 4.91. The Labute approximate surface area is 185 Å². The third kappa shape index (κ3) is 5.00. The summed E-state index contributed by atoms with van der Waals surface area (Å²) in [7, 11) is 0. The minimum absolute atomic E-state index is 0.190. The van der Waals surface area contributed by atoms with Gasteiger partial charge in [0.2, 0.25) is 5.91 Å². The zero-order chi connectivity index (χ0) is 21.9. The third-order valence-electron chi connectivity index (χ3n) is 4.90.